The van der Waals surface area contributed by atoms with Crippen LogP contribution in [0.4, 0.5) is 0 Å². The number of benzene rings is 3. The molecule has 0 spiro atoms. The predicted octanol–water partition coefficient (Wildman–Crippen LogP) is 4.16. The van der Waals surface area contributed by atoms with Crippen molar-refractivity contribution in [3.63, 3.8) is 0 Å². The number of rotatable bonds is 8. The molecule has 186 valence electrons. The average Bonchev–Trinajstić information content (AvgIpc) is 3.38. The first-order valence-electron chi connectivity index (χ1n) is 11.5. The molecule has 0 saturated heterocycles. The van der Waals surface area contributed by atoms with E-state index in [2.05, 4.69) is 0 Å². The van der Waals surface area contributed by atoms with E-state index in [0.717, 1.165) is 16.8 Å². The third-order valence-electron chi connectivity index (χ3n) is 6.13. The number of amides is 2. The highest BCUT2D eigenvalue weighted by Gasteiger charge is 2.34. The van der Waals surface area contributed by atoms with Gasteiger partial charge in [-0.2, -0.15) is 5.10 Å². The van der Waals surface area contributed by atoms with E-state index >= 15 is 0 Å². The average molecular weight is 488 g/mol. The molecule has 0 aliphatic carbocycles. The lowest BCUT2D eigenvalue weighted by Crippen LogP contribution is -2.39. The molecule has 1 atom stereocenters. The van der Waals surface area contributed by atoms with Gasteiger partial charge in [-0.3, -0.25) is 9.59 Å². The predicted molar refractivity (Wildman–Crippen MR) is 137 cm³/mol. The number of hydrogen-bond acceptors (Lipinski definition) is 6. The van der Waals surface area contributed by atoms with Gasteiger partial charge in [-0.25, -0.2) is 5.01 Å². The molecule has 0 saturated carbocycles. The summed E-state index contributed by atoms with van der Waals surface area (Å²) in [6.07, 6.45) is 0.509. The summed E-state index contributed by atoms with van der Waals surface area (Å²) >= 11 is 0. The van der Waals surface area contributed by atoms with Crippen LogP contribution in [0.1, 0.15) is 33.9 Å². The van der Waals surface area contributed by atoms with Crippen molar-refractivity contribution < 1.29 is 23.8 Å². The maximum absolute atomic E-state index is 13.5. The van der Waals surface area contributed by atoms with Crippen LogP contribution in [0.25, 0.3) is 0 Å². The SMILES string of the molecule is COc1ccc(C(=O)N(C)CC(=O)N2N=C(c3ccc(OC)cc3OC)C[C@H]2c2ccccc2)cc1. The van der Waals surface area contributed by atoms with Gasteiger partial charge in [0, 0.05) is 30.7 Å². The minimum Gasteiger partial charge on any atom is -0.497 e. The summed E-state index contributed by atoms with van der Waals surface area (Å²) in [4.78, 5) is 27.8. The lowest BCUT2D eigenvalue weighted by molar-refractivity contribution is -0.133. The highest BCUT2D eigenvalue weighted by molar-refractivity contribution is 6.05. The van der Waals surface area contributed by atoms with Crippen molar-refractivity contribution in [1.82, 2.24) is 9.91 Å². The first-order valence-corrected chi connectivity index (χ1v) is 11.5. The second kappa shape index (κ2) is 10.9. The van der Waals surface area contributed by atoms with Gasteiger partial charge in [-0.1, -0.05) is 30.3 Å². The number of hydrazone groups is 1. The molecule has 1 heterocycles. The fourth-order valence-electron chi connectivity index (χ4n) is 4.18. The van der Waals surface area contributed by atoms with E-state index in [1.807, 2.05) is 42.5 Å². The quantitative estimate of drug-likeness (QED) is 0.477. The molecule has 3 aromatic rings. The van der Waals surface area contributed by atoms with Gasteiger partial charge in [-0.05, 0) is 42.0 Å². The molecule has 0 bridgehead atoms. The van der Waals surface area contributed by atoms with Crippen molar-refractivity contribution in [2.75, 3.05) is 34.9 Å². The molecule has 1 aliphatic rings. The molecule has 1 aliphatic heterocycles. The van der Waals surface area contributed by atoms with Gasteiger partial charge in [0.25, 0.3) is 11.8 Å². The molecule has 8 nitrogen and oxygen atoms in total. The lowest BCUT2D eigenvalue weighted by Gasteiger charge is -2.25. The maximum Gasteiger partial charge on any atom is 0.262 e. The zero-order valence-corrected chi connectivity index (χ0v) is 20.8. The largest absolute Gasteiger partial charge is 0.497 e. The van der Waals surface area contributed by atoms with Gasteiger partial charge in [0.15, 0.2) is 0 Å². The fourth-order valence-corrected chi connectivity index (χ4v) is 4.18. The highest BCUT2D eigenvalue weighted by Crippen LogP contribution is 2.36. The van der Waals surface area contributed by atoms with E-state index in [1.165, 1.54) is 9.91 Å². The number of ether oxygens (including phenoxy) is 3. The van der Waals surface area contributed by atoms with Gasteiger partial charge in [0.1, 0.15) is 23.8 Å². The summed E-state index contributed by atoms with van der Waals surface area (Å²) in [5.74, 6) is 1.39. The van der Waals surface area contributed by atoms with Crippen LogP contribution < -0.4 is 14.2 Å². The van der Waals surface area contributed by atoms with Crippen molar-refractivity contribution in [2.45, 2.75) is 12.5 Å². The third-order valence-corrected chi connectivity index (χ3v) is 6.13. The summed E-state index contributed by atoms with van der Waals surface area (Å²) in [5.41, 5.74) is 2.94. The van der Waals surface area contributed by atoms with Gasteiger partial charge < -0.3 is 19.1 Å². The van der Waals surface area contributed by atoms with Gasteiger partial charge in [0.05, 0.1) is 33.1 Å². The Hall–Kier alpha value is -4.33. The summed E-state index contributed by atoms with van der Waals surface area (Å²) in [5, 5.41) is 6.19. The minimum atomic E-state index is -0.301. The Morgan fingerprint density at radius 1 is 0.917 bits per heavy atom. The van der Waals surface area contributed by atoms with E-state index in [1.54, 1.807) is 58.7 Å². The van der Waals surface area contributed by atoms with Crippen molar-refractivity contribution in [2.24, 2.45) is 5.10 Å². The van der Waals surface area contributed by atoms with E-state index in [4.69, 9.17) is 19.3 Å². The van der Waals surface area contributed by atoms with Crippen LogP contribution in [0.2, 0.25) is 0 Å². The standard InChI is InChI=1S/C28H29N3O5/c1-30(28(33)20-10-12-21(34-2)13-11-20)18-27(32)31-25(19-8-6-5-7-9-19)17-24(29-31)23-15-14-22(35-3)16-26(23)36-4/h5-16,25H,17-18H2,1-4H3/t25-/m0/s1. The molecule has 0 radical (unpaired) electrons. The monoisotopic (exact) mass is 487 g/mol. The molecule has 0 fully saturated rings. The molecule has 0 unspecified atom stereocenters. The minimum absolute atomic E-state index is 0.120. The zero-order chi connectivity index (χ0) is 25.7. The fraction of sp³-hybridized carbons (Fsp3) is 0.250. The zero-order valence-electron chi connectivity index (χ0n) is 20.8. The van der Waals surface area contributed by atoms with Crippen molar-refractivity contribution in [3.8, 4) is 17.2 Å². The second-order valence-electron chi connectivity index (χ2n) is 8.37. The summed E-state index contributed by atoms with van der Waals surface area (Å²) in [7, 11) is 6.36. The molecular weight excluding hydrogens is 458 g/mol. The van der Waals surface area contributed by atoms with Crippen LogP contribution in [-0.2, 0) is 4.79 Å². The smallest absolute Gasteiger partial charge is 0.262 e. The number of carbonyl (C=O) groups excluding carboxylic acids is 2. The van der Waals surface area contributed by atoms with Gasteiger partial charge in [-0.15, -0.1) is 0 Å². The van der Waals surface area contributed by atoms with E-state index in [9.17, 15) is 9.59 Å². The van der Waals surface area contributed by atoms with Crippen LogP contribution in [0.15, 0.2) is 77.9 Å². The van der Waals surface area contributed by atoms with Crippen LogP contribution >= 0.6 is 0 Å². The Balaban J connectivity index is 1.60. The Morgan fingerprint density at radius 3 is 2.22 bits per heavy atom. The Labute approximate surface area is 210 Å². The Morgan fingerprint density at radius 2 is 1.58 bits per heavy atom. The highest BCUT2D eigenvalue weighted by atomic mass is 16.5. The summed E-state index contributed by atoms with van der Waals surface area (Å²) in [6.45, 7) is -0.120. The number of nitrogens with zero attached hydrogens (tertiary/aromatic N) is 3. The lowest BCUT2D eigenvalue weighted by atomic mass is 9.98. The number of likely N-dealkylation sites (N-methyl/N-ethyl adjacent to an activating group) is 1. The summed E-state index contributed by atoms with van der Waals surface area (Å²) in [6, 6.07) is 21.7. The van der Waals surface area contributed by atoms with E-state index in [0.29, 0.717) is 29.2 Å². The normalized spacial score (nSPS) is 14.7. The molecule has 4 rings (SSSR count). The van der Waals surface area contributed by atoms with Gasteiger partial charge >= 0.3 is 0 Å². The maximum atomic E-state index is 13.5. The van der Waals surface area contributed by atoms with Crippen LogP contribution in [0, 0.1) is 0 Å². The van der Waals surface area contributed by atoms with Crippen molar-refractivity contribution in [1.29, 1.82) is 0 Å². The molecule has 8 heteroatoms. The summed E-state index contributed by atoms with van der Waals surface area (Å²) < 4.78 is 16.0. The molecule has 0 N–H and O–H groups in total. The molecule has 36 heavy (non-hydrogen) atoms. The number of carbonyl (C=O) groups is 2. The first-order chi connectivity index (χ1) is 17.4. The van der Waals surface area contributed by atoms with Crippen molar-refractivity contribution >= 4 is 17.5 Å². The number of methoxy groups -OCH3 is 3. The van der Waals surface area contributed by atoms with Crippen LogP contribution in [0.5, 0.6) is 17.2 Å². The topological polar surface area (TPSA) is 80.7 Å². The Bertz CT molecular complexity index is 1260. The van der Waals surface area contributed by atoms with Gasteiger partial charge in [0.2, 0.25) is 0 Å². The van der Waals surface area contributed by atoms with E-state index < -0.39 is 0 Å². The first kappa shape index (κ1) is 24.8. The molecule has 3 aromatic carbocycles. The van der Waals surface area contributed by atoms with Crippen molar-refractivity contribution in [3.05, 3.63) is 89.5 Å². The number of hydrogen-bond donors (Lipinski definition) is 0. The van der Waals surface area contributed by atoms with Crippen LogP contribution in [0.3, 0.4) is 0 Å². The van der Waals surface area contributed by atoms with E-state index in [-0.39, 0.29) is 24.4 Å². The molecular formula is C28H29N3O5. The Kier molecular flexibility index (Phi) is 7.53. The third kappa shape index (κ3) is 5.17. The second-order valence-corrected chi connectivity index (χ2v) is 8.37. The molecule has 2 amide bonds. The molecule has 0 aromatic heterocycles. The van der Waals surface area contributed by atoms with Crippen LogP contribution in [-0.4, -0.2) is 62.4 Å².